The molecule has 0 saturated heterocycles. The minimum Gasteiger partial charge on any atom is -0.465 e. The summed E-state index contributed by atoms with van der Waals surface area (Å²) in [5.41, 5.74) is -0.521. The number of esters is 3. The molecule has 0 aromatic heterocycles. The first-order valence-electron chi connectivity index (χ1n) is 6.38. The molecule has 1 atom stereocenters. The van der Waals surface area contributed by atoms with Gasteiger partial charge in [0.2, 0.25) is 0 Å². The highest BCUT2D eigenvalue weighted by atomic mass is 35.5. The lowest BCUT2D eigenvalue weighted by Crippen LogP contribution is -2.29. The molecule has 0 aliphatic heterocycles. The maximum atomic E-state index is 13.1. The highest BCUT2D eigenvalue weighted by molar-refractivity contribution is 6.33. The van der Waals surface area contributed by atoms with Crippen LogP contribution in [0.2, 0.25) is 5.02 Å². The van der Waals surface area contributed by atoms with Gasteiger partial charge in [-0.25, -0.2) is 13.6 Å². The summed E-state index contributed by atoms with van der Waals surface area (Å²) in [5.74, 6) is -7.11. The zero-order valence-electron chi connectivity index (χ0n) is 11.8. The van der Waals surface area contributed by atoms with Gasteiger partial charge < -0.3 is 9.47 Å². The van der Waals surface area contributed by atoms with Crippen LogP contribution < -0.4 is 0 Å². The van der Waals surface area contributed by atoms with E-state index < -0.39 is 46.0 Å². The molecule has 0 fully saturated rings. The Balaban J connectivity index is 2.90. The van der Waals surface area contributed by atoms with Crippen molar-refractivity contribution in [3.63, 3.8) is 0 Å². The molecule has 8 heteroatoms. The zero-order chi connectivity index (χ0) is 16.9. The largest absolute Gasteiger partial charge is 0.465 e. The first kappa shape index (κ1) is 18.0. The van der Waals surface area contributed by atoms with Crippen LogP contribution in [0, 0.1) is 17.6 Å². The van der Waals surface area contributed by atoms with Gasteiger partial charge in [0.15, 0.2) is 17.6 Å². The van der Waals surface area contributed by atoms with Gasteiger partial charge in [-0.3, -0.25) is 9.59 Å². The SMILES string of the molecule is CCOC(=O)C(CC)C(=O)OC(=O)c1cc(F)c(F)cc1Cl. The number of ether oxygens (including phenoxy) is 2. The highest BCUT2D eigenvalue weighted by Crippen LogP contribution is 2.21. The van der Waals surface area contributed by atoms with E-state index in [9.17, 15) is 23.2 Å². The van der Waals surface area contributed by atoms with Gasteiger partial charge in [-0.15, -0.1) is 0 Å². The summed E-state index contributed by atoms with van der Waals surface area (Å²) in [6.07, 6.45) is 0.0520. The lowest BCUT2D eigenvalue weighted by Gasteiger charge is -2.12. The van der Waals surface area contributed by atoms with Crippen molar-refractivity contribution in [2.45, 2.75) is 20.3 Å². The third-order valence-electron chi connectivity index (χ3n) is 2.69. The van der Waals surface area contributed by atoms with Crippen molar-refractivity contribution in [3.8, 4) is 0 Å². The van der Waals surface area contributed by atoms with Crippen molar-refractivity contribution in [3.05, 3.63) is 34.4 Å². The summed E-state index contributed by atoms with van der Waals surface area (Å²) < 4.78 is 35.2. The minimum absolute atomic E-state index is 0.0520. The summed E-state index contributed by atoms with van der Waals surface area (Å²) in [4.78, 5) is 35.1. The van der Waals surface area contributed by atoms with Crippen LogP contribution in [-0.4, -0.2) is 24.5 Å². The fourth-order valence-corrected chi connectivity index (χ4v) is 1.80. The van der Waals surface area contributed by atoms with Crippen molar-refractivity contribution in [1.82, 2.24) is 0 Å². The molecular weight excluding hydrogens is 322 g/mol. The predicted octanol–water partition coefficient (Wildman–Crippen LogP) is 2.89. The van der Waals surface area contributed by atoms with E-state index >= 15 is 0 Å². The van der Waals surface area contributed by atoms with Crippen LogP contribution in [0.15, 0.2) is 12.1 Å². The molecule has 22 heavy (non-hydrogen) atoms. The summed E-state index contributed by atoms with van der Waals surface area (Å²) in [7, 11) is 0. The Morgan fingerprint density at radius 3 is 2.27 bits per heavy atom. The molecule has 120 valence electrons. The molecule has 5 nitrogen and oxygen atoms in total. The van der Waals surface area contributed by atoms with Crippen molar-refractivity contribution < 1.29 is 32.6 Å². The van der Waals surface area contributed by atoms with E-state index in [1.165, 1.54) is 6.92 Å². The van der Waals surface area contributed by atoms with Crippen molar-refractivity contribution in [2.24, 2.45) is 5.92 Å². The summed E-state index contributed by atoms with van der Waals surface area (Å²) in [5, 5.41) is -0.416. The quantitative estimate of drug-likeness (QED) is 0.470. The van der Waals surface area contributed by atoms with Gasteiger partial charge >= 0.3 is 17.9 Å². The number of rotatable bonds is 5. The molecule has 0 amide bonds. The maximum absolute atomic E-state index is 13.1. The first-order valence-corrected chi connectivity index (χ1v) is 6.76. The lowest BCUT2D eigenvalue weighted by atomic mass is 10.1. The molecule has 0 aliphatic carbocycles. The molecule has 0 aliphatic rings. The number of hydrogen-bond donors (Lipinski definition) is 0. The standard InChI is InChI=1S/C14H13ClF2O5/c1-3-7(12(18)21-4-2)13(19)22-14(20)8-5-10(16)11(17)6-9(8)15/h5-7H,3-4H2,1-2H3. The number of halogens is 3. The third-order valence-corrected chi connectivity index (χ3v) is 3.00. The molecule has 0 N–H and O–H groups in total. The Bertz CT molecular complexity index is 603. The summed E-state index contributed by atoms with van der Waals surface area (Å²) in [6, 6.07) is 1.10. The summed E-state index contributed by atoms with van der Waals surface area (Å²) in [6.45, 7) is 3.14. The molecule has 0 bridgehead atoms. The van der Waals surface area contributed by atoms with E-state index in [1.54, 1.807) is 6.92 Å². The average molecular weight is 335 g/mol. The van der Waals surface area contributed by atoms with E-state index in [0.717, 1.165) is 0 Å². The molecular formula is C14H13ClF2O5. The van der Waals surface area contributed by atoms with Crippen molar-refractivity contribution >= 4 is 29.5 Å². The molecule has 0 radical (unpaired) electrons. The Kier molecular flexibility index (Phi) is 6.42. The molecule has 1 aromatic rings. The normalized spacial score (nSPS) is 11.7. The maximum Gasteiger partial charge on any atom is 0.347 e. The van der Waals surface area contributed by atoms with Gasteiger partial charge in [0.1, 0.15) is 0 Å². The Morgan fingerprint density at radius 1 is 1.14 bits per heavy atom. The molecule has 0 spiro atoms. The second kappa shape index (κ2) is 7.84. The number of benzene rings is 1. The molecule has 0 heterocycles. The van der Waals surface area contributed by atoms with E-state index in [4.69, 9.17) is 11.6 Å². The Hall–Kier alpha value is -2.02. The molecule has 1 unspecified atom stereocenters. The zero-order valence-corrected chi connectivity index (χ0v) is 12.6. The summed E-state index contributed by atoms with van der Waals surface area (Å²) >= 11 is 5.60. The van der Waals surface area contributed by atoms with Gasteiger partial charge in [-0.2, -0.15) is 0 Å². The van der Waals surface area contributed by atoms with Gasteiger partial charge in [-0.1, -0.05) is 18.5 Å². The Labute approximate surface area is 130 Å². The van der Waals surface area contributed by atoms with Gasteiger partial charge in [0.05, 0.1) is 17.2 Å². The van der Waals surface area contributed by atoms with Gasteiger partial charge in [-0.05, 0) is 25.5 Å². The van der Waals surface area contributed by atoms with Crippen LogP contribution in [0.1, 0.15) is 30.6 Å². The van der Waals surface area contributed by atoms with Crippen molar-refractivity contribution in [1.29, 1.82) is 0 Å². The van der Waals surface area contributed by atoms with Crippen LogP contribution in [0.4, 0.5) is 8.78 Å². The molecule has 0 saturated carbocycles. The predicted molar refractivity (Wildman–Crippen MR) is 72.2 cm³/mol. The topological polar surface area (TPSA) is 69.7 Å². The fourth-order valence-electron chi connectivity index (χ4n) is 1.57. The highest BCUT2D eigenvalue weighted by Gasteiger charge is 2.30. The smallest absolute Gasteiger partial charge is 0.347 e. The number of carbonyl (C=O) groups is 3. The first-order chi connectivity index (χ1) is 10.3. The van der Waals surface area contributed by atoms with E-state index in [1.807, 2.05) is 0 Å². The number of hydrogen-bond acceptors (Lipinski definition) is 5. The van der Waals surface area contributed by atoms with Crippen LogP contribution in [0.3, 0.4) is 0 Å². The Morgan fingerprint density at radius 2 is 1.73 bits per heavy atom. The van der Waals surface area contributed by atoms with Gasteiger partial charge in [0.25, 0.3) is 0 Å². The van der Waals surface area contributed by atoms with Gasteiger partial charge in [0, 0.05) is 0 Å². The fraction of sp³-hybridized carbons (Fsp3) is 0.357. The second-order valence-electron chi connectivity index (χ2n) is 4.17. The third kappa shape index (κ3) is 4.24. The van der Waals surface area contributed by atoms with Crippen molar-refractivity contribution in [2.75, 3.05) is 6.61 Å². The van der Waals surface area contributed by atoms with E-state index in [0.29, 0.717) is 12.1 Å². The van der Waals surface area contributed by atoms with E-state index in [2.05, 4.69) is 9.47 Å². The number of carbonyl (C=O) groups excluding carboxylic acids is 3. The second-order valence-corrected chi connectivity index (χ2v) is 4.57. The van der Waals surface area contributed by atoms with E-state index in [-0.39, 0.29) is 13.0 Å². The van der Waals surface area contributed by atoms with Crippen LogP contribution in [0.5, 0.6) is 0 Å². The lowest BCUT2D eigenvalue weighted by molar-refractivity contribution is -0.158. The molecule has 1 rings (SSSR count). The monoisotopic (exact) mass is 334 g/mol. The van der Waals surface area contributed by atoms with Crippen LogP contribution in [0.25, 0.3) is 0 Å². The average Bonchev–Trinajstić information content (AvgIpc) is 2.43. The minimum atomic E-state index is -1.32. The van der Waals surface area contributed by atoms with Crippen LogP contribution >= 0.6 is 11.6 Å². The van der Waals surface area contributed by atoms with Crippen LogP contribution in [-0.2, 0) is 19.1 Å². The molecule has 1 aromatic carbocycles.